The monoisotopic (exact) mass is 434 g/mol. The van der Waals surface area contributed by atoms with Gasteiger partial charge in [-0.3, -0.25) is 14.7 Å². The molecule has 7 nitrogen and oxygen atoms in total. The Morgan fingerprint density at radius 1 is 1.10 bits per heavy atom. The smallest absolute Gasteiger partial charge is 0.252 e. The summed E-state index contributed by atoms with van der Waals surface area (Å²) in [6.45, 7) is 4.55. The van der Waals surface area contributed by atoms with Crippen molar-refractivity contribution in [1.82, 2.24) is 19.1 Å². The third kappa shape index (κ3) is 4.69. The second-order valence-corrected chi connectivity index (χ2v) is 10.7. The number of hydrogen-bond donors (Lipinski definition) is 0. The van der Waals surface area contributed by atoms with Crippen molar-refractivity contribution in [3.8, 4) is 0 Å². The molecule has 2 fully saturated rings. The number of piperazine rings is 1. The summed E-state index contributed by atoms with van der Waals surface area (Å²) < 4.78 is 27.5. The van der Waals surface area contributed by atoms with Gasteiger partial charge in [-0.15, -0.1) is 11.3 Å². The van der Waals surface area contributed by atoms with Crippen molar-refractivity contribution in [3.05, 3.63) is 47.6 Å². The van der Waals surface area contributed by atoms with E-state index < -0.39 is 10.0 Å². The van der Waals surface area contributed by atoms with Crippen molar-refractivity contribution >= 4 is 27.3 Å². The zero-order valence-corrected chi connectivity index (χ0v) is 17.9. The molecule has 4 heterocycles. The van der Waals surface area contributed by atoms with Crippen molar-refractivity contribution in [1.29, 1.82) is 0 Å². The zero-order chi connectivity index (χ0) is 20.3. The lowest BCUT2D eigenvalue weighted by molar-refractivity contribution is -0.138. The standard InChI is InChI=1S/C20H26N4O3S2/c25-20(23-12-10-22(11-13-23)16-18-6-1-2-8-21-18)17-5-3-9-24(15-17)29(26,27)19-7-4-14-28-19/h1-2,4,6-8,14,17H,3,5,9-13,15-16H2. The molecule has 156 valence electrons. The number of rotatable bonds is 5. The fourth-order valence-corrected chi connectivity index (χ4v) is 6.67. The van der Waals surface area contributed by atoms with Crippen LogP contribution in [0.1, 0.15) is 18.5 Å². The van der Waals surface area contributed by atoms with Gasteiger partial charge >= 0.3 is 0 Å². The molecule has 1 unspecified atom stereocenters. The van der Waals surface area contributed by atoms with Gasteiger partial charge in [0, 0.05) is 52.0 Å². The lowest BCUT2D eigenvalue weighted by Crippen LogP contribution is -2.52. The van der Waals surface area contributed by atoms with Gasteiger partial charge in [-0.05, 0) is 36.4 Å². The highest BCUT2D eigenvalue weighted by atomic mass is 32.2. The Morgan fingerprint density at radius 3 is 2.62 bits per heavy atom. The third-order valence-electron chi connectivity index (χ3n) is 5.62. The summed E-state index contributed by atoms with van der Waals surface area (Å²) >= 11 is 1.23. The number of amides is 1. The molecule has 0 radical (unpaired) electrons. The Kier molecular flexibility index (Phi) is 6.29. The van der Waals surface area contributed by atoms with Crippen LogP contribution in [-0.2, 0) is 21.4 Å². The van der Waals surface area contributed by atoms with E-state index in [-0.39, 0.29) is 18.4 Å². The summed E-state index contributed by atoms with van der Waals surface area (Å²) in [5.41, 5.74) is 1.04. The van der Waals surface area contributed by atoms with Gasteiger partial charge in [-0.25, -0.2) is 8.42 Å². The van der Waals surface area contributed by atoms with Crippen LogP contribution in [0.3, 0.4) is 0 Å². The molecule has 0 spiro atoms. The molecule has 29 heavy (non-hydrogen) atoms. The summed E-state index contributed by atoms with van der Waals surface area (Å²) in [5, 5.41) is 1.77. The van der Waals surface area contributed by atoms with E-state index in [0.29, 0.717) is 23.8 Å². The van der Waals surface area contributed by atoms with E-state index in [1.807, 2.05) is 23.1 Å². The average Bonchev–Trinajstić information content (AvgIpc) is 3.31. The summed E-state index contributed by atoms with van der Waals surface area (Å²) in [6.07, 6.45) is 3.28. The maximum atomic E-state index is 13.1. The van der Waals surface area contributed by atoms with Gasteiger partial charge in [-0.1, -0.05) is 12.1 Å². The highest BCUT2D eigenvalue weighted by molar-refractivity contribution is 7.91. The molecule has 1 amide bonds. The Bertz CT molecular complexity index is 910. The normalized spacial score (nSPS) is 21.9. The van der Waals surface area contributed by atoms with Crippen LogP contribution in [0.2, 0.25) is 0 Å². The average molecular weight is 435 g/mol. The van der Waals surface area contributed by atoms with E-state index in [9.17, 15) is 13.2 Å². The molecule has 0 bridgehead atoms. The molecule has 2 aromatic rings. The van der Waals surface area contributed by atoms with Crippen molar-refractivity contribution in [2.45, 2.75) is 23.6 Å². The van der Waals surface area contributed by atoms with Crippen LogP contribution in [0.15, 0.2) is 46.1 Å². The fraction of sp³-hybridized carbons (Fsp3) is 0.500. The maximum absolute atomic E-state index is 13.1. The van der Waals surface area contributed by atoms with Crippen molar-refractivity contribution in [3.63, 3.8) is 0 Å². The number of sulfonamides is 1. The van der Waals surface area contributed by atoms with Crippen LogP contribution in [0, 0.1) is 5.92 Å². The Morgan fingerprint density at radius 2 is 1.93 bits per heavy atom. The summed E-state index contributed by atoms with van der Waals surface area (Å²) in [7, 11) is -3.49. The first kappa shape index (κ1) is 20.5. The van der Waals surface area contributed by atoms with Crippen molar-refractivity contribution < 1.29 is 13.2 Å². The first-order valence-electron chi connectivity index (χ1n) is 9.99. The Balaban J connectivity index is 1.33. The molecule has 0 saturated carbocycles. The predicted octanol–water partition coefficient (Wildman–Crippen LogP) is 1.89. The van der Waals surface area contributed by atoms with Gasteiger partial charge in [0.2, 0.25) is 5.91 Å². The van der Waals surface area contributed by atoms with Crippen LogP contribution in [-0.4, -0.2) is 72.7 Å². The largest absolute Gasteiger partial charge is 0.340 e. The number of thiophene rings is 1. The van der Waals surface area contributed by atoms with Gasteiger partial charge in [0.1, 0.15) is 4.21 Å². The fourth-order valence-electron chi connectivity index (χ4n) is 4.01. The molecule has 0 aromatic carbocycles. The SMILES string of the molecule is O=C(C1CCCN(S(=O)(=O)c2cccs2)C1)N1CCN(Cc2ccccn2)CC1. The number of pyridine rings is 1. The number of hydrogen-bond acceptors (Lipinski definition) is 6. The van der Waals surface area contributed by atoms with E-state index in [0.717, 1.165) is 38.2 Å². The molecule has 2 aromatic heterocycles. The van der Waals surface area contributed by atoms with Crippen LogP contribution in [0.5, 0.6) is 0 Å². The summed E-state index contributed by atoms with van der Waals surface area (Å²) in [4.78, 5) is 21.6. The van der Waals surface area contributed by atoms with Crippen molar-refractivity contribution in [2.75, 3.05) is 39.3 Å². The van der Waals surface area contributed by atoms with Gasteiger partial charge in [0.15, 0.2) is 0 Å². The van der Waals surface area contributed by atoms with E-state index in [4.69, 9.17) is 0 Å². The molecule has 2 aliphatic rings. The third-order valence-corrected chi connectivity index (χ3v) is 8.86. The first-order chi connectivity index (χ1) is 14.0. The number of aromatic nitrogens is 1. The second kappa shape index (κ2) is 8.91. The molecular weight excluding hydrogens is 408 g/mol. The minimum absolute atomic E-state index is 0.0913. The number of carbonyl (C=O) groups excluding carboxylic acids is 1. The topological polar surface area (TPSA) is 73.8 Å². The Hall–Kier alpha value is -1.81. The van der Waals surface area contributed by atoms with Crippen LogP contribution >= 0.6 is 11.3 Å². The molecule has 4 rings (SSSR count). The van der Waals surface area contributed by atoms with Gasteiger partial charge in [-0.2, -0.15) is 4.31 Å². The quantitative estimate of drug-likeness (QED) is 0.719. The molecule has 1 atom stereocenters. The van der Waals surface area contributed by atoms with Crippen LogP contribution in [0.4, 0.5) is 0 Å². The minimum atomic E-state index is -3.49. The lowest BCUT2D eigenvalue weighted by Gasteiger charge is -2.38. The molecular formula is C20H26N4O3S2. The molecule has 2 aliphatic heterocycles. The van der Waals surface area contributed by atoms with Gasteiger partial charge < -0.3 is 4.90 Å². The molecule has 0 N–H and O–H groups in total. The summed E-state index contributed by atoms with van der Waals surface area (Å²) in [5.74, 6) is -0.158. The van der Waals surface area contributed by atoms with E-state index in [1.54, 1.807) is 23.7 Å². The molecule has 2 saturated heterocycles. The highest BCUT2D eigenvalue weighted by Gasteiger charge is 2.36. The summed E-state index contributed by atoms with van der Waals surface area (Å²) in [6, 6.07) is 9.29. The lowest BCUT2D eigenvalue weighted by atomic mass is 9.97. The van der Waals surface area contributed by atoms with E-state index >= 15 is 0 Å². The van der Waals surface area contributed by atoms with Crippen LogP contribution in [0.25, 0.3) is 0 Å². The number of carbonyl (C=O) groups is 1. The Labute approximate surface area is 176 Å². The van der Waals surface area contributed by atoms with Crippen LogP contribution < -0.4 is 0 Å². The maximum Gasteiger partial charge on any atom is 0.252 e. The second-order valence-electron chi connectivity index (χ2n) is 7.56. The van der Waals surface area contributed by atoms with Gasteiger partial charge in [0.25, 0.3) is 10.0 Å². The zero-order valence-electron chi connectivity index (χ0n) is 16.3. The number of nitrogens with zero attached hydrogens (tertiary/aromatic N) is 4. The number of piperidine rings is 1. The molecule has 0 aliphatic carbocycles. The van der Waals surface area contributed by atoms with Gasteiger partial charge in [0.05, 0.1) is 11.6 Å². The highest BCUT2D eigenvalue weighted by Crippen LogP contribution is 2.27. The van der Waals surface area contributed by atoms with Crippen molar-refractivity contribution in [2.24, 2.45) is 5.92 Å². The van der Waals surface area contributed by atoms with E-state index in [2.05, 4.69) is 9.88 Å². The molecule has 9 heteroatoms. The minimum Gasteiger partial charge on any atom is -0.340 e. The predicted molar refractivity (Wildman–Crippen MR) is 112 cm³/mol. The van der Waals surface area contributed by atoms with E-state index in [1.165, 1.54) is 15.6 Å². The first-order valence-corrected chi connectivity index (χ1v) is 12.3.